The molecule has 0 spiro atoms. The van der Waals surface area contributed by atoms with E-state index in [0.717, 1.165) is 60.8 Å². The smallest absolute Gasteiger partial charge is 0.268 e. The molecule has 1 aliphatic heterocycles. The minimum atomic E-state index is -6.29. The van der Waals surface area contributed by atoms with Gasteiger partial charge in [0, 0.05) is 44.3 Å². The molecule has 16 rings (SSSR count). The summed E-state index contributed by atoms with van der Waals surface area (Å²) in [5.41, 5.74) is 10.3. The van der Waals surface area contributed by atoms with Crippen LogP contribution in [0.5, 0.6) is 11.5 Å². The van der Waals surface area contributed by atoms with Gasteiger partial charge in [-0.1, -0.05) is 277 Å². The van der Waals surface area contributed by atoms with Crippen molar-refractivity contribution in [1.29, 1.82) is 0 Å². The van der Waals surface area contributed by atoms with Crippen LogP contribution in [0.2, 0.25) is 0 Å². The Bertz CT molecular complexity index is 6290. The summed E-state index contributed by atoms with van der Waals surface area (Å²) >= 11 is 0. The van der Waals surface area contributed by atoms with Crippen LogP contribution in [-0.2, 0) is 31.9 Å². The number of benzene rings is 12. The van der Waals surface area contributed by atoms with Crippen LogP contribution in [0, 0.1) is 18.5 Å². The number of ether oxygens (including phenoxy) is 1. The second kappa shape index (κ2) is 23.5. The minimum absolute atomic E-state index is 0. The fourth-order valence-corrected chi connectivity index (χ4v) is 16.4. The molecule has 0 bridgehead atoms. The number of fused-ring (bicyclic) bond motifs is 10. The maximum atomic E-state index is 11.1. The van der Waals surface area contributed by atoms with Crippen LogP contribution in [0.25, 0.3) is 106 Å². The van der Waals surface area contributed by atoms with Gasteiger partial charge in [0.25, 0.3) is 6.33 Å². The first-order valence-corrected chi connectivity index (χ1v) is 32.2. The molecule has 7 heteroatoms. The zero-order chi connectivity index (χ0) is 78.8. The third kappa shape index (κ3) is 10.2. The van der Waals surface area contributed by atoms with E-state index in [2.05, 4.69) is 107 Å². The molecule has 0 amide bonds. The normalized spacial score (nSPS) is 15.0. The van der Waals surface area contributed by atoms with Crippen molar-refractivity contribution in [3.05, 3.63) is 320 Å². The van der Waals surface area contributed by atoms with Gasteiger partial charge < -0.3 is 13.9 Å². The molecule has 5 nitrogen and oxygen atoms in total. The van der Waals surface area contributed by atoms with Crippen LogP contribution >= 0.6 is 0 Å². The number of nitrogens with zero attached hydrogens (tertiary/aromatic N) is 4. The van der Waals surface area contributed by atoms with E-state index >= 15 is 0 Å². The summed E-state index contributed by atoms with van der Waals surface area (Å²) in [5.74, 6) is 1.35. The molecule has 0 unspecified atom stereocenters. The number of rotatable bonds is 10. The topological polar surface area (TPSA) is 35.9 Å². The maximum Gasteiger partial charge on any atom is 0.268 e. The van der Waals surface area contributed by atoms with Crippen molar-refractivity contribution in [1.82, 2.24) is 14.1 Å². The van der Waals surface area contributed by atoms with Crippen LogP contribution in [0.4, 0.5) is 0 Å². The van der Waals surface area contributed by atoms with Crippen molar-refractivity contribution in [3.63, 3.8) is 0 Å². The van der Waals surface area contributed by atoms with Gasteiger partial charge in [0.15, 0.2) is 8.07 Å². The first-order valence-electron chi connectivity index (χ1n) is 39.7. The summed E-state index contributed by atoms with van der Waals surface area (Å²) in [6.45, 7) is 12.9. The number of hydrogen-bond acceptors (Lipinski definition) is 2. The van der Waals surface area contributed by atoms with Gasteiger partial charge >= 0.3 is 0 Å². The van der Waals surface area contributed by atoms with E-state index in [0.29, 0.717) is 45.0 Å². The Morgan fingerprint density at radius 1 is 0.452 bits per heavy atom. The molecule has 93 heavy (non-hydrogen) atoms. The first kappa shape index (κ1) is 41.3. The fraction of sp³-hybridized carbons (Fsp3) is 0.0930. The van der Waals surface area contributed by atoms with E-state index in [4.69, 9.17) is 13.8 Å². The third-order valence-electron chi connectivity index (χ3n) is 17.3. The van der Waals surface area contributed by atoms with Crippen molar-refractivity contribution < 1.29 is 56.4 Å². The van der Waals surface area contributed by atoms with Crippen LogP contribution in [-0.4, -0.2) is 22.2 Å². The van der Waals surface area contributed by atoms with Crippen molar-refractivity contribution in [2.24, 2.45) is 0 Å². The van der Waals surface area contributed by atoms with Gasteiger partial charge in [0.2, 0.25) is 0 Å². The molecular formula is C86H66N4OPtSi-2. The third-order valence-corrected chi connectivity index (χ3v) is 21.3. The van der Waals surface area contributed by atoms with E-state index in [1.54, 1.807) is 22.8 Å². The van der Waals surface area contributed by atoms with Crippen molar-refractivity contribution in [2.45, 2.75) is 52.4 Å². The fourth-order valence-electron chi connectivity index (χ4n) is 12.9. The van der Waals surface area contributed by atoms with Crippen LogP contribution in [0.1, 0.15) is 78.7 Å². The van der Waals surface area contributed by atoms with Crippen LogP contribution in [0.15, 0.2) is 291 Å². The van der Waals surface area contributed by atoms with Gasteiger partial charge in [0.1, 0.15) is 5.82 Å². The molecule has 0 fully saturated rings. The van der Waals surface area contributed by atoms with E-state index in [-0.39, 0.29) is 48.9 Å². The monoisotopic (exact) mass is 1410 g/mol. The molecule has 4 heterocycles. The molecule has 0 atom stereocenters. The Morgan fingerprint density at radius 2 is 1.02 bits per heavy atom. The second-order valence-electron chi connectivity index (χ2n) is 24.9. The molecule has 0 aliphatic carbocycles. The van der Waals surface area contributed by atoms with E-state index in [1.165, 1.54) is 0 Å². The average molecular weight is 1410 g/mol. The predicted octanol–water partition coefficient (Wildman–Crippen LogP) is 18.2. The first-order chi connectivity index (χ1) is 52.8. The molecule has 452 valence electrons. The SMILES string of the molecule is [2H]c1c([2H])c([2H])c([Si](c2c([2H])c([2H])c([2H])c([2H])c2[2H])(c2c([2H])c([2H])c([2H])c([2H])c2[2H])c2c([2H])c([2H])c([2H])c(-c3cccc4c3-[n+]3[c-]n(-c5[c-]c(Oc6[c-]c7c(cc6)c6ccccc6n7-c6cc(C(C)(C)C)ccn6)ccc5)c5cc(-c6ccc(C(C)(C)C)cc6)cc(c53)-c3ccccc3-c3ccccc3-4)c2[2H])c([2H])c1[2H].[Pt]. The van der Waals surface area contributed by atoms with Gasteiger partial charge in [-0.3, -0.25) is 4.57 Å². The largest absolute Gasteiger partial charge is 0.510 e. The Kier molecular flexibility index (Phi) is 10.4. The Morgan fingerprint density at radius 3 is 1.68 bits per heavy atom. The zero-order valence-electron chi connectivity index (χ0n) is 70.3. The van der Waals surface area contributed by atoms with Gasteiger partial charge in [-0.25, -0.2) is 4.98 Å². The van der Waals surface area contributed by atoms with E-state index < -0.39 is 149 Å². The van der Waals surface area contributed by atoms with Crippen molar-refractivity contribution in [2.75, 3.05) is 0 Å². The predicted molar refractivity (Wildman–Crippen MR) is 382 cm³/mol. The van der Waals surface area contributed by atoms with Gasteiger partial charge in [-0.2, -0.15) is 18.2 Å². The molecule has 3 aromatic heterocycles. The quantitative estimate of drug-likeness (QED) is 0.0592. The summed E-state index contributed by atoms with van der Waals surface area (Å²) in [5, 5.41) is -1.84. The van der Waals surface area contributed by atoms with Crippen molar-refractivity contribution >= 4 is 61.7 Å². The molecule has 15 aromatic rings. The van der Waals surface area contributed by atoms with E-state index in [9.17, 15) is 21.9 Å². The van der Waals surface area contributed by atoms with E-state index in [1.807, 2.05) is 120 Å². The number of pyridine rings is 1. The average Bonchev–Trinajstić information content (AvgIpc) is 0.849. The van der Waals surface area contributed by atoms with Gasteiger partial charge in [-0.15, -0.1) is 29.7 Å². The Labute approximate surface area is 586 Å². The number of para-hydroxylation sites is 2. The number of hydrogen-bond donors (Lipinski definition) is 0. The molecular weight excluding hydrogens is 1330 g/mol. The summed E-state index contributed by atoms with van der Waals surface area (Å²) in [6, 6.07) is 42.0. The molecule has 1 aliphatic rings. The number of aromatic nitrogens is 4. The molecule has 0 saturated carbocycles. The minimum Gasteiger partial charge on any atom is -0.510 e. The van der Waals surface area contributed by atoms with Crippen LogP contribution < -0.4 is 30.1 Å². The van der Waals surface area contributed by atoms with Gasteiger partial charge in [0.05, 0.1) is 42.8 Å². The number of imidazole rings is 1. The van der Waals surface area contributed by atoms with Gasteiger partial charge in [-0.05, 0) is 134 Å². The maximum absolute atomic E-state index is 11.1. The Balaban J connectivity index is 0.00000992. The molecule has 12 aromatic carbocycles. The second-order valence-corrected chi connectivity index (χ2v) is 28.4. The molecule has 0 saturated heterocycles. The Hall–Kier alpha value is -10.2. The molecule has 0 radical (unpaired) electrons. The van der Waals surface area contributed by atoms with Crippen molar-refractivity contribution in [3.8, 4) is 84.3 Å². The summed E-state index contributed by atoms with van der Waals surface area (Å²) < 4.78 is 196. The zero-order valence-corrected chi connectivity index (χ0v) is 54.5. The summed E-state index contributed by atoms with van der Waals surface area (Å²) in [4.78, 5) is 4.89. The van der Waals surface area contributed by atoms with Crippen LogP contribution in [0.3, 0.4) is 0 Å². The summed E-state index contributed by atoms with van der Waals surface area (Å²) in [7, 11) is -6.29. The molecule has 0 N–H and O–H groups in total. The standard InChI is InChI=1S/C86H66N4OSi.Pt/c1-85(2,3)61-45-43-58(44-46-61)60-52-78-74-38-19-17-36-72(74)71-35-16-18-37-73(71)77-41-24-40-70(59-25-22-34-69(51-59)92(66-28-10-7-11-29-66,67-30-12-8-13-31-67)68-32-14-9-15-33-68)83(77)89-57-88(81(53-60)84(78)89)63-26-23-27-64(55-63)91-65-47-48-76-75-39-20-21-42-79(75)90(80(76)56-65)82-54-62(49-50-87-82)86(4,5)6;/h7-54H,1-6H3;/q-2;/i7D,8D,9D,10D,11D,12D,13D,14D,15D,22D,25D,28D,29D,30D,31D,32D,33D,34D,51D;. The summed E-state index contributed by atoms with van der Waals surface area (Å²) in [6.07, 6.45) is 5.55.